The Bertz CT molecular complexity index is 778. The Morgan fingerprint density at radius 2 is 1.65 bits per heavy atom. The Hall–Kier alpha value is -2.07. The number of hydrogen-bond acceptors (Lipinski definition) is 2. The molecule has 0 saturated carbocycles. The van der Waals surface area contributed by atoms with E-state index in [0.717, 1.165) is 55.1 Å². The summed E-state index contributed by atoms with van der Waals surface area (Å²) >= 11 is 0. The van der Waals surface area contributed by atoms with Crippen LogP contribution in [0.1, 0.15) is 45.7 Å². The first-order valence-corrected chi connectivity index (χ1v) is 9.62. The average Bonchev–Trinajstić information content (AvgIpc) is 2.89. The number of benzene rings is 1. The predicted molar refractivity (Wildman–Crippen MR) is 107 cm³/mol. The van der Waals surface area contributed by atoms with Gasteiger partial charge in [-0.15, -0.1) is 0 Å². The molecule has 0 radical (unpaired) electrons. The highest BCUT2D eigenvalue weighted by molar-refractivity contribution is 5.96. The molecule has 1 aliphatic rings. The van der Waals surface area contributed by atoms with Gasteiger partial charge in [-0.25, -0.2) is 0 Å². The van der Waals surface area contributed by atoms with E-state index in [1.807, 2.05) is 11.9 Å². The van der Waals surface area contributed by atoms with Crippen molar-refractivity contribution in [3.05, 3.63) is 52.3 Å². The average molecular weight is 354 g/mol. The van der Waals surface area contributed by atoms with E-state index in [2.05, 4.69) is 61.8 Å². The van der Waals surface area contributed by atoms with E-state index in [1.54, 1.807) is 0 Å². The van der Waals surface area contributed by atoms with Gasteiger partial charge in [-0.1, -0.05) is 6.07 Å². The van der Waals surface area contributed by atoms with E-state index < -0.39 is 0 Å². The van der Waals surface area contributed by atoms with E-state index >= 15 is 0 Å². The lowest BCUT2D eigenvalue weighted by molar-refractivity contribution is 0.0690. The standard InChI is InChI=1S/C22H31N3O/c1-15-10-16(2)12-20(11-15)25-17(3)13-21(18(25)4)22(26)24-8-6-19(7-9-24)14-23-5/h10-13,19,23H,6-9,14H2,1-5H3. The zero-order valence-corrected chi connectivity index (χ0v) is 16.7. The minimum absolute atomic E-state index is 0.177. The summed E-state index contributed by atoms with van der Waals surface area (Å²) < 4.78 is 2.21. The van der Waals surface area contributed by atoms with Crippen LogP contribution in [0.3, 0.4) is 0 Å². The van der Waals surface area contributed by atoms with Gasteiger partial charge < -0.3 is 14.8 Å². The molecule has 2 aromatic rings. The fourth-order valence-corrected chi connectivity index (χ4v) is 4.26. The summed E-state index contributed by atoms with van der Waals surface area (Å²) in [5.41, 5.74) is 6.62. The van der Waals surface area contributed by atoms with Crippen LogP contribution in [0, 0.1) is 33.6 Å². The van der Waals surface area contributed by atoms with Crippen LogP contribution in [0.25, 0.3) is 5.69 Å². The molecule has 1 aromatic carbocycles. The molecule has 1 aliphatic heterocycles. The summed E-state index contributed by atoms with van der Waals surface area (Å²) in [5.74, 6) is 0.864. The molecule has 140 valence electrons. The molecule has 1 N–H and O–H groups in total. The minimum Gasteiger partial charge on any atom is -0.339 e. The summed E-state index contributed by atoms with van der Waals surface area (Å²) in [4.78, 5) is 15.1. The first-order chi connectivity index (χ1) is 12.4. The number of aryl methyl sites for hydroxylation is 3. The van der Waals surface area contributed by atoms with E-state index in [-0.39, 0.29) is 5.91 Å². The number of likely N-dealkylation sites (tertiary alicyclic amines) is 1. The number of nitrogens with one attached hydrogen (secondary N) is 1. The van der Waals surface area contributed by atoms with Crippen molar-refractivity contribution in [2.75, 3.05) is 26.7 Å². The second kappa shape index (κ2) is 7.67. The molecule has 0 spiro atoms. The van der Waals surface area contributed by atoms with Crippen molar-refractivity contribution in [3.8, 4) is 5.69 Å². The lowest BCUT2D eigenvalue weighted by Crippen LogP contribution is -2.40. The van der Waals surface area contributed by atoms with Crippen LogP contribution in [0.4, 0.5) is 0 Å². The van der Waals surface area contributed by atoms with Crippen molar-refractivity contribution in [1.82, 2.24) is 14.8 Å². The summed E-state index contributed by atoms with van der Waals surface area (Å²) in [6.07, 6.45) is 2.17. The summed E-state index contributed by atoms with van der Waals surface area (Å²) in [6, 6.07) is 8.60. The normalized spacial score (nSPS) is 15.5. The predicted octanol–water partition coefficient (Wildman–Crippen LogP) is 3.78. The lowest BCUT2D eigenvalue weighted by atomic mass is 9.96. The molecule has 1 aromatic heterocycles. The molecule has 0 aliphatic carbocycles. The van der Waals surface area contributed by atoms with Crippen molar-refractivity contribution in [3.63, 3.8) is 0 Å². The van der Waals surface area contributed by atoms with E-state index in [4.69, 9.17) is 0 Å². The fraction of sp³-hybridized carbons (Fsp3) is 0.500. The molecule has 4 heteroatoms. The van der Waals surface area contributed by atoms with Crippen molar-refractivity contribution in [1.29, 1.82) is 0 Å². The maximum Gasteiger partial charge on any atom is 0.255 e. The number of piperidine rings is 1. The van der Waals surface area contributed by atoms with Gasteiger partial charge in [0.1, 0.15) is 0 Å². The summed E-state index contributed by atoms with van der Waals surface area (Å²) in [7, 11) is 2.00. The van der Waals surface area contributed by atoms with Gasteiger partial charge in [-0.3, -0.25) is 4.79 Å². The van der Waals surface area contributed by atoms with E-state index in [1.165, 1.54) is 11.1 Å². The summed E-state index contributed by atoms with van der Waals surface area (Å²) in [5, 5.41) is 3.25. The molecule has 26 heavy (non-hydrogen) atoms. The van der Waals surface area contributed by atoms with Gasteiger partial charge in [0.2, 0.25) is 0 Å². The molecule has 1 saturated heterocycles. The third-order valence-corrected chi connectivity index (χ3v) is 5.52. The second-order valence-corrected chi connectivity index (χ2v) is 7.76. The maximum atomic E-state index is 13.1. The van der Waals surface area contributed by atoms with Gasteiger partial charge in [-0.05, 0) is 89.4 Å². The Morgan fingerprint density at radius 1 is 1.04 bits per heavy atom. The van der Waals surface area contributed by atoms with Gasteiger partial charge in [0.15, 0.2) is 0 Å². The molecule has 0 atom stereocenters. The molecule has 0 bridgehead atoms. The van der Waals surface area contributed by atoms with Crippen LogP contribution in [-0.4, -0.2) is 42.1 Å². The molecule has 0 unspecified atom stereocenters. The highest BCUT2D eigenvalue weighted by atomic mass is 16.2. The molecule has 3 rings (SSSR count). The van der Waals surface area contributed by atoms with E-state index in [0.29, 0.717) is 5.92 Å². The quantitative estimate of drug-likeness (QED) is 0.908. The lowest BCUT2D eigenvalue weighted by Gasteiger charge is -2.32. The Balaban J connectivity index is 1.85. The Kier molecular flexibility index (Phi) is 5.52. The van der Waals surface area contributed by atoms with Crippen LogP contribution < -0.4 is 5.32 Å². The molecule has 2 heterocycles. The van der Waals surface area contributed by atoms with Crippen molar-refractivity contribution < 1.29 is 4.79 Å². The monoisotopic (exact) mass is 353 g/mol. The van der Waals surface area contributed by atoms with Crippen LogP contribution in [0.5, 0.6) is 0 Å². The summed E-state index contributed by atoms with van der Waals surface area (Å²) in [6.45, 7) is 11.1. The number of aromatic nitrogens is 1. The van der Waals surface area contributed by atoms with Gasteiger partial charge >= 0.3 is 0 Å². The Morgan fingerprint density at radius 3 is 2.23 bits per heavy atom. The number of hydrogen-bond donors (Lipinski definition) is 1. The third kappa shape index (κ3) is 3.70. The molecule has 1 amide bonds. The number of carbonyl (C=O) groups excluding carboxylic acids is 1. The van der Waals surface area contributed by atoms with Crippen molar-refractivity contribution >= 4 is 5.91 Å². The van der Waals surface area contributed by atoms with Crippen LogP contribution in [0.2, 0.25) is 0 Å². The number of carbonyl (C=O) groups is 1. The van der Waals surface area contributed by atoms with Crippen LogP contribution in [0.15, 0.2) is 24.3 Å². The fourth-order valence-electron chi connectivity index (χ4n) is 4.26. The van der Waals surface area contributed by atoms with Gasteiger partial charge in [0, 0.05) is 30.2 Å². The van der Waals surface area contributed by atoms with E-state index in [9.17, 15) is 4.79 Å². The number of nitrogens with zero attached hydrogens (tertiary/aromatic N) is 2. The van der Waals surface area contributed by atoms with Crippen LogP contribution >= 0.6 is 0 Å². The van der Waals surface area contributed by atoms with Gasteiger partial charge in [0.05, 0.1) is 5.56 Å². The SMILES string of the molecule is CNCC1CCN(C(=O)c2cc(C)n(-c3cc(C)cc(C)c3)c2C)CC1. The number of amides is 1. The van der Waals surface area contributed by atoms with Crippen molar-refractivity contribution in [2.24, 2.45) is 5.92 Å². The third-order valence-electron chi connectivity index (χ3n) is 5.52. The smallest absolute Gasteiger partial charge is 0.255 e. The van der Waals surface area contributed by atoms with Crippen molar-refractivity contribution in [2.45, 2.75) is 40.5 Å². The van der Waals surface area contributed by atoms with Crippen LogP contribution in [-0.2, 0) is 0 Å². The Labute approximate surface area is 157 Å². The second-order valence-electron chi connectivity index (χ2n) is 7.76. The highest BCUT2D eigenvalue weighted by Gasteiger charge is 2.26. The maximum absolute atomic E-state index is 13.1. The zero-order valence-electron chi connectivity index (χ0n) is 16.7. The first kappa shape index (κ1) is 18.7. The highest BCUT2D eigenvalue weighted by Crippen LogP contribution is 2.25. The van der Waals surface area contributed by atoms with Gasteiger partial charge in [0.25, 0.3) is 5.91 Å². The molecule has 1 fully saturated rings. The largest absolute Gasteiger partial charge is 0.339 e. The number of rotatable bonds is 4. The zero-order chi connectivity index (χ0) is 18.8. The first-order valence-electron chi connectivity index (χ1n) is 9.62. The molecular formula is C22H31N3O. The molecular weight excluding hydrogens is 322 g/mol. The minimum atomic E-state index is 0.177. The topological polar surface area (TPSA) is 37.3 Å². The molecule has 4 nitrogen and oxygen atoms in total. The van der Waals surface area contributed by atoms with Gasteiger partial charge in [-0.2, -0.15) is 0 Å².